The number of nitrogens with one attached hydrogen (secondary N) is 1. The maximum Gasteiger partial charge on any atom is 0.257 e. The Morgan fingerprint density at radius 3 is 2.60 bits per heavy atom. The van der Waals surface area contributed by atoms with Gasteiger partial charge < -0.3 is 0 Å². The largest absolute Gasteiger partial charge is 0.298 e. The zero-order valence-electron chi connectivity index (χ0n) is 13.6. The molecule has 0 spiro atoms. The third kappa shape index (κ3) is 3.67. The molecule has 0 unspecified atom stereocenters. The number of benzene rings is 2. The van der Waals surface area contributed by atoms with Gasteiger partial charge in [0.2, 0.25) is 0 Å². The number of aryl methyl sites for hydroxylation is 2. The molecule has 0 atom stereocenters. The normalized spacial score (nSPS) is 13.3. The van der Waals surface area contributed by atoms with E-state index in [9.17, 15) is 4.79 Å². The lowest BCUT2D eigenvalue weighted by atomic mass is 9.90. The van der Waals surface area contributed by atoms with Crippen molar-refractivity contribution < 1.29 is 4.79 Å². The maximum absolute atomic E-state index is 12.3. The number of carbonyl (C=O) groups is 1. The van der Waals surface area contributed by atoms with Crippen LogP contribution in [0.5, 0.6) is 0 Å². The van der Waals surface area contributed by atoms with Gasteiger partial charge in [-0.2, -0.15) is 0 Å². The van der Waals surface area contributed by atoms with Crippen LogP contribution in [0.1, 0.15) is 34.3 Å². The minimum absolute atomic E-state index is 0.140. The molecule has 3 nitrogen and oxygen atoms in total. The maximum atomic E-state index is 12.3. The molecule has 0 bridgehead atoms. The highest BCUT2D eigenvalue weighted by molar-refractivity contribution is 9.10. The number of aromatic nitrogens is 1. The number of halogens is 1. The summed E-state index contributed by atoms with van der Waals surface area (Å²) in [5.74, 6) is -0.140. The summed E-state index contributed by atoms with van der Waals surface area (Å²) >= 11 is 4.83. The van der Waals surface area contributed by atoms with Crippen molar-refractivity contribution in [2.75, 3.05) is 5.32 Å². The summed E-state index contributed by atoms with van der Waals surface area (Å²) in [5.41, 5.74) is 5.57. The Kier molecular flexibility index (Phi) is 4.68. The van der Waals surface area contributed by atoms with Crippen LogP contribution in [0.2, 0.25) is 0 Å². The molecule has 1 aliphatic rings. The molecule has 0 radical (unpaired) electrons. The van der Waals surface area contributed by atoms with Crippen molar-refractivity contribution in [1.29, 1.82) is 0 Å². The smallest absolute Gasteiger partial charge is 0.257 e. The Bertz CT molecular complexity index is 918. The molecule has 126 valence electrons. The predicted octanol–water partition coefficient (Wildman–Crippen LogP) is 5.70. The van der Waals surface area contributed by atoms with E-state index in [1.165, 1.54) is 41.7 Å². The Balaban J connectivity index is 1.52. The summed E-state index contributed by atoms with van der Waals surface area (Å²) in [6.45, 7) is 0. The quantitative estimate of drug-likeness (QED) is 0.598. The third-order valence-corrected chi connectivity index (χ3v) is 5.76. The summed E-state index contributed by atoms with van der Waals surface area (Å²) in [6.07, 6.45) is 4.89. The third-order valence-electron chi connectivity index (χ3n) is 4.48. The van der Waals surface area contributed by atoms with Gasteiger partial charge in [-0.05, 0) is 67.1 Å². The van der Waals surface area contributed by atoms with Crippen LogP contribution in [-0.2, 0) is 12.8 Å². The van der Waals surface area contributed by atoms with Crippen LogP contribution in [0.15, 0.2) is 52.3 Å². The summed E-state index contributed by atoms with van der Waals surface area (Å²) in [5, 5.41) is 5.51. The molecule has 0 aliphatic heterocycles. The average molecular weight is 413 g/mol. The van der Waals surface area contributed by atoms with Gasteiger partial charge in [0.05, 0.1) is 5.69 Å². The highest BCUT2D eigenvalue weighted by Gasteiger charge is 2.13. The number of rotatable bonds is 3. The Morgan fingerprint density at radius 2 is 1.80 bits per heavy atom. The molecular formula is C20H17BrN2OS. The fourth-order valence-electron chi connectivity index (χ4n) is 3.13. The number of hydrogen-bond donors (Lipinski definition) is 1. The van der Waals surface area contributed by atoms with Crippen LogP contribution in [0.25, 0.3) is 11.3 Å². The first-order valence-electron chi connectivity index (χ1n) is 8.34. The van der Waals surface area contributed by atoms with Gasteiger partial charge in [-0.15, -0.1) is 11.3 Å². The van der Waals surface area contributed by atoms with Gasteiger partial charge in [-0.3, -0.25) is 10.1 Å². The van der Waals surface area contributed by atoms with Crippen LogP contribution in [0, 0.1) is 0 Å². The minimum Gasteiger partial charge on any atom is -0.298 e. The molecule has 0 fully saturated rings. The fourth-order valence-corrected chi connectivity index (χ4v) is 4.11. The van der Waals surface area contributed by atoms with Crippen molar-refractivity contribution >= 4 is 38.3 Å². The van der Waals surface area contributed by atoms with E-state index in [2.05, 4.69) is 44.4 Å². The number of thiazole rings is 1. The van der Waals surface area contributed by atoms with E-state index in [1.807, 2.05) is 17.5 Å². The van der Waals surface area contributed by atoms with Crippen molar-refractivity contribution in [2.45, 2.75) is 25.7 Å². The summed E-state index contributed by atoms with van der Waals surface area (Å²) in [6, 6.07) is 13.9. The van der Waals surface area contributed by atoms with Gasteiger partial charge in [0.1, 0.15) is 0 Å². The van der Waals surface area contributed by atoms with E-state index < -0.39 is 0 Å². The Morgan fingerprint density at radius 1 is 1.04 bits per heavy atom. The van der Waals surface area contributed by atoms with E-state index >= 15 is 0 Å². The molecule has 3 aromatic rings. The number of hydrogen-bond acceptors (Lipinski definition) is 3. The van der Waals surface area contributed by atoms with Crippen molar-refractivity contribution in [3.8, 4) is 11.3 Å². The summed E-state index contributed by atoms with van der Waals surface area (Å²) in [4.78, 5) is 16.9. The lowest BCUT2D eigenvalue weighted by molar-refractivity contribution is 0.102. The van der Waals surface area contributed by atoms with Gasteiger partial charge in [-0.25, -0.2) is 4.98 Å². The molecule has 4 rings (SSSR count). The van der Waals surface area contributed by atoms with Crippen molar-refractivity contribution in [3.63, 3.8) is 0 Å². The highest BCUT2D eigenvalue weighted by atomic mass is 79.9. The first kappa shape index (κ1) is 16.5. The van der Waals surface area contributed by atoms with Crippen molar-refractivity contribution in [2.24, 2.45) is 0 Å². The molecular weight excluding hydrogens is 396 g/mol. The van der Waals surface area contributed by atoms with E-state index in [0.29, 0.717) is 10.7 Å². The first-order valence-corrected chi connectivity index (χ1v) is 10.0. The number of amides is 1. The van der Waals surface area contributed by atoms with Crippen molar-refractivity contribution in [1.82, 2.24) is 4.98 Å². The fraction of sp³-hybridized carbons (Fsp3) is 0.200. The second kappa shape index (κ2) is 7.10. The SMILES string of the molecule is O=C(Nc1nc(-c2ccc3c(c2)CCCC3)cs1)c1ccc(Br)cc1. The number of carbonyl (C=O) groups excluding carboxylic acids is 1. The standard InChI is InChI=1S/C20H17BrN2OS/c21-17-9-7-14(8-10-17)19(24)23-20-22-18(12-25-20)16-6-5-13-3-1-2-4-15(13)11-16/h5-12H,1-4H2,(H,22,23,24). The topological polar surface area (TPSA) is 42.0 Å². The number of fused-ring (bicyclic) bond motifs is 1. The monoisotopic (exact) mass is 412 g/mol. The van der Waals surface area contributed by atoms with Gasteiger partial charge in [-0.1, -0.05) is 28.1 Å². The molecule has 0 saturated carbocycles. The van der Waals surface area contributed by atoms with Gasteiger partial charge in [0.15, 0.2) is 5.13 Å². The summed E-state index contributed by atoms with van der Waals surface area (Å²) in [7, 11) is 0. The zero-order chi connectivity index (χ0) is 17.2. The van der Waals surface area contributed by atoms with Crippen LogP contribution in [0.3, 0.4) is 0 Å². The van der Waals surface area contributed by atoms with Gasteiger partial charge in [0.25, 0.3) is 5.91 Å². The lowest BCUT2D eigenvalue weighted by Crippen LogP contribution is -2.11. The van der Waals surface area contributed by atoms with E-state index in [4.69, 9.17) is 0 Å². The van der Waals surface area contributed by atoms with E-state index in [1.54, 1.807) is 12.1 Å². The average Bonchev–Trinajstić information content (AvgIpc) is 3.10. The van der Waals surface area contributed by atoms with Crippen LogP contribution in [-0.4, -0.2) is 10.9 Å². The van der Waals surface area contributed by atoms with Crippen LogP contribution < -0.4 is 5.32 Å². The van der Waals surface area contributed by atoms with Crippen molar-refractivity contribution in [3.05, 3.63) is 69.0 Å². The molecule has 1 heterocycles. The van der Waals surface area contributed by atoms with Gasteiger partial charge >= 0.3 is 0 Å². The minimum atomic E-state index is -0.140. The van der Waals surface area contributed by atoms with Crippen LogP contribution >= 0.6 is 27.3 Å². The Hall–Kier alpha value is -1.98. The zero-order valence-corrected chi connectivity index (χ0v) is 16.0. The molecule has 1 aromatic heterocycles. The van der Waals surface area contributed by atoms with E-state index in [-0.39, 0.29) is 5.91 Å². The molecule has 0 saturated heterocycles. The molecule has 2 aromatic carbocycles. The van der Waals surface area contributed by atoms with Gasteiger partial charge in [0, 0.05) is 21.0 Å². The number of anilines is 1. The molecule has 1 amide bonds. The van der Waals surface area contributed by atoms with Crippen LogP contribution in [0.4, 0.5) is 5.13 Å². The highest BCUT2D eigenvalue weighted by Crippen LogP contribution is 2.29. The molecule has 1 N–H and O–H groups in total. The number of nitrogens with zero attached hydrogens (tertiary/aromatic N) is 1. The Labute approximate surface area is 159 Å². The second-order valence-electron chi connectivity index (χ2n) is 6.19. The molecule has 25 heavy (non-hydrogen) atoms. The summed E-state index contributed by atoms with van der Waals surface area (Å²) < 4.78 is 0.952. The van der Waals surface area contributed by atoms with E-state index in [0.717, 1.165) is 22.2 Å². The lowest BCUT2D eigenvalue weighted by Gasteiger charge is -2.16. The predicted molar refractivity (Wildman–Crippen MR) is 106 cm³/mol. The first-order chi connectivity index (χ1) is 12.2. The molecule has 1 aliphatic carbocycles. The second-order valence-corrected chi connectivity index (χ2v) is 7.96. The molecule has 5 heteroatoms.